The van der Waals surface area contributed by atoms with E-state index in [-0.39, 0.29) is 11.1 Å². The molecule has 1 amide bonds. The van der Waals surface area contributed by atoms with Gasteiger partial charge >= 0.3 is 0 Å². The molecule has 0 spiro atoms. The molecule has 0 saturated heterocycles. The van der Waals surface area contributed by atoms with Gasteiger partial charge in [-0.2, -0.15) is 0 Å². The Kier molecular flexibility index (Phi) is 3.97. The minimum absolute atomic E-state index is 0.253. The molecule has 0 fully saturated rings. The lowest BCUT2D eigenvalue weighted by atomic mass is 10.2. The molecule has 0 aliphatic rings. The van der Waals surface area contributed by atoms with Crippen molar-refractivity contribution in [2.75, 3.05) is 17.7 Å². The van der Waals surface area contributed by atoms with Crippen molar-refractivity contribution >= 4 is 29.0 Å². The summed E-state index contributed by atoms with van der Waals surface area (Å²) >= 11 is 5.86. The van der Waals surface area contributed by atoms with Crippen LogP contribution >= 0.6 is 11.6 Å². The normalized spacial score (nSPS) is 10.1. The largest absolute Gasteiger partial charge is 0.373 e. The zero-order chi connectivity index (χ0) is 13.8. The Morgan fingerprint density at radius 2 is 2.16 bits per heavy atom. The first-order valence-electron chi connectivity index (χ1n) is 5.68. The number of aromatic nitrogens is 2. The summed E-state index contributed by atoms with van der Waals surface area (Å²) < 4.78 is 0. The number of halogens is 1. The van der Waals surface area contributed by atoms with Crippen LogP contribution in [-0.4, -0.2) is 22.9 Å². The first-order chi connectivity index (χ1) is 9.10. The molecule has 2 N–H and O–H groups in total. The summed E-state index contributed by atoms with van der Waals surface area (Å²) in [6.45, 7) is 1.83. The van der Waals surface area contributed by atoms with Gasteiger partial charge in [0.2, 0.25) is 0 Å². The number of carbonyl (C=O) groups is 1. The van der Waals surface area contributed by atoms with Gasteiger partial charge in [-0.15, -0.1) is 0 Å². The second-order valence-electron chi connectivity index (χ2n) is 3.90. The van der Waals surface area contributed by atoms with E-state index < -0.39 is 0 Å². The molecule has 6 heteroatoms. The molecule has 0 bridgehead atoms. The summed E-state index contributed by atoms with van der Waals surface area (Å²) in [6.07, 6.45) is 1.67. The molecular formula is C13H13ClN4O. The van der Waals surface area contributed by atoms with Crippen molar-refractivity contribution in [2.24, 2.45) is 0 Å². The van der Waals surface area contributed by atoms with Crippen LogP contribution in [0.1, 0.15) is 16.1 Å². The van der Waals surface area contributed by atoms with Crippen LogP contribution in [-0.2, 0) is 0 Å². The number of nitrogens with zero attached hydrogens (tertiary/aromatic N) is 2. The van der Waals surface area contributed by atoms with Crippen LogP contribution in [0.3, 0.4) is 0 Å². The van der Waals surface area contributed by atoms with Crippen molar-refractivity contribution in [3.8, 4) is 0 Å². The quantitative estimate of drug-likeness (QED) is 0.846. The van der Waals surface area contributed by atoms with Crippen LogP contribution in [0.4, 0.5) is 11.5 Å². The molecule has 19 heavy (non-hydrogen) atoms. The summed E-state index contributed by atoms with van der Waals surface area (Å²) in [5.41, 5.74) is 1.86. The summed E-state index contributed by atoms with van der Waals surface area (Å²) in [5.74, 6) is 0.289. The number of rotatable bonds is 3. The van der Waals surface area contributed by atoms with Crippen LogP contribution in [0.15, 0.2) is 30.5 Å². The minimum atomic E-state index is -0.253. The van der Waals surface area contributed by atoms with E-state index in [1.54, 1.807) is 31.4 Å². The molecule has 2 aromatic rings. The number of nitrogens with one attached hydrogen (secondary N) is 2. The highest BCUT2D eigenvalue weighted by Crippen LogP contribution is 2.17. The number of pyridine rings is 2. The highest BCUT2D eigenvalue weighted by molar-refractivity contribution is 6.30. The van der Waals surface area contributed by atoms with Crippen LogP contribution in [0, 0.1) is 6.92 Å². The summed E-state index contributed by atoms with van der Waals surface area (Å²) in [4.78, 5) is 20.3. The van der Waals surface area contributed by atoms with Gasteiger partial charge in [-0.1, -0.05) is 11.6 Å². The molecule has 98 valence electrons. The zero-order valence-corrected chi connectivity index (χ0v) is 11.3. The van der Waals surface area contributed by atoms with Gasteiger partial charge in [0.25, 0.3) is 5.91 Å². The molecule has 5 nitrogen and oxygen atoms in total. The number of hydrogen-bond acceptors (Lipinski definition) is 4. The average molecular weight is 277 g/mol. The van der Waals surface area contributed by atoms with Gasteiger partial charge in [0.05, 0.1) is 11.4 Å². The Balaban J connectivity index is 2.25. The summed E-state index contributed by atoms with van der Waals surface area (Å²) in [6, 6.07) is 6.71. The predicted molar refractivity (Wildman–Crippen MR) is 75.7 cm³/mol. The van der Waals surface area contributed by atoms with Gasteiger partial charge in [0.1, 0.15) is 11.0 Å². The fourth-order valence-electron chi connectivity index (χ4n) is 1.57. The van der Waals surface area contributed by atoms with E-state index in [2.05, 4.69) is 20.6 Å². The van der Waals surface area contributed by atoms with Gasteiger partial charge in [0.15, 0.2) is 0 Å². The lowest BCUT2D eigenvalue weighted by Gasteiger charge is -2.08. The molecule has 0 unspecified atom stereocenters. The Morgan fingerprint density at radius 1 is 1.37 bits per heavy atom. The number of hydrogen-bond donors (Lipinski definition) is 2. The van der Waals surface area contributed by atoms with E-state index >= 15 is 0 Å². The maximum atomic E-state index is 12.1. The third kappa shape index (κ3) is 3.20. The molecule has 0 radical (unpaired) electrons. The maximum absolute atomic E-state index is 12.1. The molecule has 2 aromatic heterocycles. The first kappa shape index (κ1) is 13.3. The van der Waals surface area contributed by atoms with E-state index in [1.807, 2.05) is 6.92 Å². The van der Waals surface area contributed by atoms with Crippen LogP contribution in [0.5, 0.6) is 0 Å². The first-order valence-corrected chi connectivity index (χ1v) is 6.06. The molecule has 2 heterocycles. The van der Waals surface area contributed by atoms with Gasteiger partial charge < -0.3 is 10.6 Å². The Labute approximate surface area is 116 Å². The third-order valence-corrected chi connectivity index (χ3v) is 2.76. The van der Waals surface area contributed by atoms with Crippen LogP contribution in [0.25, 0.3) is 0 Å². The molecule has 0 aliphatic carbocycles. The maximum Gasteiger partial charge on any atom is 0.255 e. The van der Waals surface area contributed by atoms with Crippen molar-refractivity contribution in [1.82, 2.24) is 9.97 Å². The predicted octanol–water partition coefficient (Wildman–Crippen LogP) is 2.73. The number of amides is 1. The Morgan fingerprint density at radius 3 is 2.84 bits per heavy atom. The van der Waals surface area contributed by atoms with Crippen LogP contribution in [0.2, 0.25) is 5.15 Å². The van der Waals surface area contributed by atoms with E-state index in [1.165, 1.54) is 6.07 Å². The fraction of sp³-hybridized carbons (Fsp3) is 0.154. The highest BCUT2D eigenvalue weighted by atomic mass is 35.5. The molecular weight excluding hydrogens is 264 g/mol. The second-order valence-corrected chi connectivity index (χ2v) is 4.29. The Hall–Kier alpha value is -2.14. The average Bonchev–Trinajstić information content (AvgIpc) is 2.40. The third-order valence-electron chi connectivity index (χ3n) is 2.57. The monoisotopic (exact) mass is 276 g/mol. The molecule has 2 rings (SSSR count). The van der Waals surface area contributed by atoms with E-state index in [9.17, 15) is 4.79 Å². The minimum Gasteiger partial charge on any atom is -0.373 e. The van der Waals surface area contributed by atoms with Gasteiger partial charge in [-0.3, -0.25) is 9.78 Å². The van der Waals surface area contributed by atoms with Crippen molar-refractivity contribution in [2.45, 2.75) is 6.92 Å². The van der Waals surface area contributed by atoms with Crippen molar-refractivity contribution < 1.29 is 4.79 Å². The van der Waals surface area contributed by atoms with E-state index in [4.69, 9.17) is 11.6 Å². The van der Waals surface area contributed by atoms with Gasteiger partial charge in [0, 0.05) is 18.8 Å². The van der Waals surface area contributed by atoms with Crippen LogP contribution < -0.4 is 10.6 Å². The number of anilines is 2. The number of aryl methyl sites for hydroxylation is 1. The Bertz CT molecular complexity index is 615. The van der Waals surface area contributed by atoms with Crippen molar-refractivity contribution in [3.05, 3.63) is 46.9 Å². The second kappa shape index (κ2) is 5.67. The summed E-state index contributed by atoms with van der Waals surface area (Å²) in [5, 5.41) is 5.90. The highest BCUT2D eigenvalue weighted by Gasteiger charge is 2.10. The smallest absolute Gasteiger partial charge is 0.255 e. The van der Waals surface area contributed by atoms with E-state index in [0.29, 0.717) is 17.1 Å². The SMILES string of the molecule is CNc1cc(C(=O)Nc2cccnc2C)cc(Cl)n1. The summed E-state index contributed by atoms with van der Waals surface area (Å²) in [7, 11) is 1.71. The van der Waals surface area contributed by atoms with Crippen molar-refractivity contribution in [1.29, 1.82) is 0 Å². The standard InChI is InChI=1S/C13H13ClN4O/c1-8-10(4-3-5-16-8)17-13(19)9-6-11(14)18-12(7-9)15-2/h3-7H,1-2H3,(H,15,18)(H,17,19). The molecule has 0 saturated carbocycles. The molecule has 0 aromatic carbocycles. The lowest BCUT2D eigenvalue weighted by molar-refractivity contribution is 0.102. The molecule has 0 atom stereocenters. The number of carbonyl (C=O) groups excluding carboxylic acids is 1. The molecule has 0 aliphatic heterocycles. The van der Waals surface area contributed by atoms with Crippen molar-refractivity contribution in [3.63, 3.8) is 0 Å². The topological polar surface area (TPSA) is 66.9 Å². The zero-order valence-electron chi connectivity index (χ0n) is 10.6. The van der Waals surface area contributed by atoms with E-state index in [0.717, 1.165) is 5.69 Å². The van der Waals surface area contributed by atoms with Gasteiger partial charge in [-0.05, 0) is 31.2 Å². The lowest BCUT2D eigenvalue weighted by Crippen LogP contribution is -2.13. The fourth-order valence-corrected chi connectivity index (χ4v) is 1.78. The van der Waals surface area contributed by atoms with Gasteiger partial charge in [-0.25, -0.2) is 4.98 Å².